The molecule has 1 N–H and O–H groups in total. The van der Waals surface area contributed by atoms with Gasteiger partial charge >= 0.3 is 0 Å². The molecular weight excluding hydrogens is 412 g/mol. The van der Waals surface area contributed by atoms with E-state index in [-0.39, 0.29) is 30.2 Å². The van der Waals surface area contributed by atoms with Gasteiger partial charge in [0.1, 0.15) is 34.4 Å². The minimum absolute atomic E-state index is 0.0214. The molecule has 0 unspecified atom stereocenters. The van der Waals surface area contributed by atoms with Gasteiger partial charge in [-0.1, -0.05) is 6.07 Å². The van der Waals surface area contributed by atoms with Gasteiger partial charge in [0, 0.05) is 19.9 Å². The van der Waals surface area contributed by atoms with Crippen LogP contribution in [0.25, 0.3) is 11.7 Å². The maximum atomic E-state index is 13.2. The molecule has 0 aliphatic carbocycles. The third kappa shape index (κ3) is 4.94. The lowest BCUT2D eigenvalue weighted by Crippen LogP contribution is -2.28. The Bertz CT molecular complexity index is 1260. The summed E-state index contributed by atoms with van der Waals surface area (Å²) >= 11 is 0. The monoisotopic (exact) mass is 434 g/mol. The Kier molecular flexibility index (Phi) is 7.21. The Morgan fingerprint density at radius 2 is 1.94 bits per heavy atom. The molecule has 9 nitrogen and oxygen atoms in total. The second kappa shape index (κ2) is 10.2. The van der Waals surface area contributed by atoms with Crippen molar-refractivity contribution in [3.8, 4) is 23.4 Å². The van der Waals surface area contributed by atoms with Crippen molar-refractivity contribution in [2.24, 2.45) is 0 Å². The fourth-order valence-electron chi connectivity index (χ4n) is 2.90. The van der Waals surface area contributed by atoms with E-state index in [1.165, 1.54) is 17.6 Å². The van der Waals surface area contributed by atoms with Gasteiger partial charge in [0.25, 0.3) is 11.5 Å². The van der Waals surface area contributed by atoms with Crippen LogP contribution >= 0.6 is 0 Å². The van der Waals surface area contributed by atoms with Crippen LogP contribution in [0.3, 0.4) is 0 Å². The molecule has 1 aromatic carbocycles. The van der Waals surface area contributed by atoms with Gasteiger partial charge in [-0.25, -0.2) is 0 Å². The first-order valence-corrected chi connectivity index (χ1v) is 9.71. The molecule has 1 amide bonds. The molecule has 0 aliphatic rings. The zero-order chi connectivity index (χ0) is 23.1. The molecule has 2 aromatic heterocycles. The third-order valence-corrected chi connectivity index (χ3v) is 4.57. The quantitative estimate of drug-likeness (QED) is 0.329. The molecule has 0 atom stereocenters. The first-order valence-electron chi connectivity index (χ1n) is 9.71. The molecule has 164 valence electrons. The number of nitriles is 1. The number of hydrogen-bond donors (Lipinski definition) is 1. The zero-order valence-corrected chi connectivity index (χ0v) is 17.9. The van der Waals surface area contributed by atoms with Gasteiger partial charge in [-0.15, -0.1) is 0 Å². The molecule has 0 spiro atoms. The molecule has 32 heavy (non-hydrogen) atoms. The lowest BCUT2D eigenvalue weighted by molar-refractivity contribution is -0.117. The number of aryl methyl sites for hydroxylation is 1. The second-order valence-corrected chi connectivity index (χ2v) is 6.72. The fraction of sp³-hybridized carbons (Fsp3) is 0.217. The molecule has 2 heterocycles. The number of pyridine rings is 1. The van der Waals surface area contributed by atoms with Gasteiger partial charge < -0.3 is 19.5 Å². The summed E-state index contributed by atoms with van der Waals surface area (Å²) < 4.78 is 17.3. The zero-order valence-electron chi connectivity index (χ0n) is 17.9. The van der Waals surface area contributed by atoms with Gasteiger partial charge in [-0.3, -0.25) is 14.0 Å². The van der Waals surface area contributed by atoms with E-state index in [2.05, 4.69) is 10.3 Å². The summed E-state index contributed by atoms with van der Waals surface area (Å²) in [6, 6.07) is 12.1. The van der Waals surface area contributed by atoms with Crippen LogP contribution in [0, 0.1) is 18.3 Å². The predicted octanol–water partition coefficient (Wildman–Crippen LogP) is 2.47. The average Bonchev–Trinajstić information content (AvgIpc) is 2.80. The number of nitrogens with one attached hydrogen (secondary N) is 1. The highest BCUT2D eigenvalue weighted by Gasteiger charge is 2.18. The van der Waals surface area contributed by atoms with E-state index in [1.54, 1.807) is 43.6 Å². The number of amides is 1. The Balaban J connectivity index is 2.12. The number of aromatic nitrogens is 2. The first-order chi connectivity index (χ1) is 15.5. The summed E-state index contributed by atoms with van der Waals surface area (Å²) in [5.74, 6) is 0.397. The lowest BCUT2D eigenvalue weighted by Gasteiger charge is -2.12. The van der Waals surface area contributed by atoms with Crippen LogP contribution < -0.4 is 20.3 Å². The summed E-state index contributed by atoms with van der Waals surface area (Å²) in [5, 5.41) is 12.1. The van der Waals surface area contributed by atoms with Crippen molar-refractivity contribution in [3.05, 3.63) is 69.6 Å². The van der Waals surface area contributed by atoms with Crippen molar-refractivity contribution in [2.75, 3.05) is 27.4 Å². The van der Waals surface area contributed by atoms with Gasteiger partial charge in [0.05, 0.1) is 13.7 Å². The van der Waals surface area contributed by atoms with Gasteiger partial charge in [0.15, 0.2) is 0 Å². The Hall–Kier alpha value is -4.16. The molecule has 0 aliphatic heterocycles. The molecule has 3 rings (SSSR count). The highest BCUT2D eigenvalue weighted by atomic mass is 16.5. The highest BCUT2D eigenvalue weighted by Crippen LogP contribution is 2.26. The number of ether oxygens (including phenoxy) is 3. The van der Waals surface area contributed by atoms with Crippen LogP contribution in [-0.2, 0) is 9.53 Å². The summed E-state index contributed by atoms with van der Waals surface area (Å²) in [6.45, 7) is 2.33. The molecule has 0 fully saturated rings. The maximum Gasteiger partial charge on any atom is 0.269 e. The molecular formula is C23H22N4O5. The van der Waals surface area contributed by atoms with Crippen LogP contribution in [0.4, 0.5) is 0 Å². The molecule has 0 radical (unpaired) electrons. The van der Waals surface area contributed by atoms with Crippen molar-refractivity contribution in [3.63, 3.8) is 0 Å². The number of benzene rings is 1. The van der Waals surface area contributed by atoms with Crippen molar-refractivity contribution in [2.45, 2.75) is 6.92 Å². The van der Waals surface area contributed by atoms with Crippen molar-refractivity contribution < 1.29 is 19.0 Å². The van der Waals surface area contributed by atoms with Crippen molar-refractivity contribution >= 4 is 17.6 Å². The fourth-order valence-corrected chi connectivity index (χ4v) is 2.90. The van der Waals surface area contributed by atoms with E-state index in [0.29, 0.717) is 17.1 Å². The van der Waals surface area contributed by atoms with Crippen LogP contribution in [0.5, 0.6) is 17.4 Å². The highest BCUT2D eigenvalue weighted by molar-refractivity contribution is 6.01. The van der Waals surface area contributed by atoms with E-state index < -0.39 is 11.5 Å². The van der Waals surface area contributed by atoms with E-state index in [1.807, 2.05) is 19.1 Å². The van der Waals surface area contributed by atoms with Gasteiger partial charge in [-0.05, 0) is 48.9 Å². The van der Waals surface area contributed by atoms with Crippen molar-refractivity contribution in [1.82, 2.24) is 14.7 Å². The van der Waals surface area contributed by atoms with Gasteiger partial charge in [-0.2, -0.15) is 10.2 Å². The Morgan fingerprint density at radius 3 is 2.59 bits per heavy atom. The predicted molar refractivity (Wildman–Crippen MR) is 118 cm³/mol. The van der Waals surface area contributed by atoms with E-state index >= 15 is 0 Å². The van der Waals surface area contributed by atoms with E-state index in [9.17, 15) is 14.9 Å². The largest absolute Gasteiger partial charge is 0.497 e. The summed E-state index contributed by atoms with van der Waals surface area (Å²) in [7, 11) is 3.05. The molecule has 9 heteroatoms. The first kappa shape index (κ1) is 22.5. The molecule has 0 bridgehead atoms. The van der Waals surface area contributed by atoms with E-state index in [4.69, 9.17) is 14.2 Å². The smallest absolute Gasteiger partial charge is 0.269 e. The topological polar surface area (TPSA) is 115 Å². The normalized spacial score (nSPS) is 11.1. The standard InChI is InChI=1S/C23H22N4O5/c1-15-5-4-11-27-20(15)26-22(32-18-8-6-17(31-3)7-9-18)19(23(27)29)13-16(14-24)21(28)25-10-12-30-2/h4-9,11,13H,10,12H2,1-3H3,(H,25,28)/b16-13+. The minimum atomic E-state index is -0.631. The number of fused-ring (bicyclic) bond motifs is 1. The van der Waals surface area contributed by atoms with Crippen LogP contribution in [0.15, 0.2) is 53.0 Å². The number of carbonyl (C=O) groups excluding carboxylic acids is 1. The number of carbonyl (C=O) groups is 1. The number of rotatable bonds is 8. The molecule has 3 aromatic rings. The summed E-state index contributed by atoms with van der Waals surface area (Å²) in [5.41, 5.74) is 0.410. The Labute approximate surface area is 184 Å². The van der Waals surface area contributed by atoms with Crippen LogP contribution in [0.2, 0.25) is 0 Å². The summed E-state index contributed by atoms with van der Waals surface area (Å²) in [4.78, 5) is 30.1. The number of methoxy groups -OCH3 is 2. The van der Waals surface area contributed by atoms with Crippen LogP contribution in [0.1, 0.15) is 11.1 Å². The van der Waals surface area contributed by atoms with Crippen molar-refractivity contribution in [1.29, 1.82) is 5.26 Å². The SMILES string of the molecule is COCCNC(=O)/C(C#N)=C/c1c(Oc2ccc(OC)cc2)nc2c(C)cccn2c1=O. The third-order valence-electron chi connectivity index (χ3n) is 4.57. The lowest BCUT2D eigenvalue weighted by atomic mass is 10.1. The van der Waals surface area contributed by atoms with Gasteiger partial charge in [0.2, 0.25) is 5.88 Å². The average molecular weight is 434 g/mol. The molecule has 0 saturated carbocycles. The van der Waals surface area contributed by atoms with E-state index in [0.717, 1.165) is 5.56 Å². The second-order valence-electron chi connectivity index (χ2n) is 6.72. The summed E-state index contributed by atoms with van der Waals surface area (Å²) in [6.07, 6.45) is 2.75. The Morgan fingerprint density at radius 1 is 1.22 bits per heavy atom. The number of nitrogens with zero attached hydrogens (tertiary/aromatic N) is 3. The molecule has 0 saturated heterocycles. The number of hydrogen-bond acceptors (Lipinski definition) is 7. The van der Waals surface area contributed by atoms with Crippen LogP contribution in [-0.4, -0.2) is 42.7 Å². The maximum absolute atomic E-state index is 13.2. The minimum Gasteiger partial charge on any atom is -0.497 e.